The molecule has 12 rings (SSSR count). The fourth-order valence-corrected chi connectivity index (χ4v) is 15.1. The molecule has 2 fully saturated rings. The third-order valence-electron chi connectivity index (χ3n) is 18.5. The van der Waals surface area contributed by atoms with E-state index in [1.807, 2.05) is 0 Å². The van der Waals surface area contributed by atoms with E-state index >= 15 is 0 Å². The van der Waals surface area contributed by atoms with Crippen molar-refractivity contribution in [1.29, 1.82) is 0 Å². The summed E-state index contributed by atoms with van der Waals surface area (Å²) in [4.78, 5) is 4.91. The molecule has 72 heavy (non-hydrogen) atoms. The van der Waals surface area contributed by atoms with Gasteiger partial charge in [0.25, 0.3) is 0 Å². The molecule has 2 atom stereocenters. The van der Waals surface area contributed by atoms with Crippen molar-refractivity contribution in [2.24, 2.45) is 0 Å². The maximum Gasteiger partial charge on any atom is 0.209 e. The molecule has 2 aliphatic carbocycles. The lowest BCUT2D eigenvalue weighted by atomic mass is 9.67. The van der Waals surface area contributed by atoms with E-state index in [0.717, 1.165) is 12.8 Å². The van der Waals surface area contributed by atoms with Crippen molar-refractivity contribution in [2.75, 3.05) is 38.0 Å². The van der Waals surface area contributed by atoms with E-state index in [-0.39, 0.29) is 55.6 Å². The molecule has 368 valence electrons. The number of hydrogen-bond donors (Lipinski definition) is 0. The summed E-state index contributed by atoms with van der Waals surface area (Å²) in [6, 6.07) is 50.7. The lowest BCUT2D eigenvalue weighted by molar-refractivity contribution is -0.401. The average Bonchev–Trinajstić information content (AvgIpc) is 3.93. The topological polar surface area (TPSA) is 12.5 Å². The van der Waals surface area contributed by atoms with Gasteiger partial charge in [-0.25, -0.2) is 0 Å². The van der Waals surface area contributed by atoms with Crippen LogP contribution in [0.4, 0.5) is 22.7 Å². The van der Waals surface area contributed by atoms with Crippen LogP contribution in [-0.4, -0.2) is 48.8 Å². The van der Waals surface area contributed by atoms with Crippen molar-refractivity contribution in [2.45, 2.75) is 113 Å². The number of anilines is 2. The normalized spacial score (nSPS) is 23.7. The van der Waals surface area contributed by atoms with Gasteiger partial charge in [-0.05, 0) is 110 Å². The Balaban J connectivity index is 0.00000298. The molecule has 4 aliphatic heterocycles. The molecule has 4 heterocycles. The van der Waals surface area contributed by atoms with Crippen LogP contribution in [0.1, 0.15) is 111 Å². The second kappa shape index (κ2) is 19.4. The van der Waals surface area contributed by atoms with E-state index < -0.39 is 0 Å². The van der Waals surface area contributed by atoms with E-state index in [4.69, 9.17) is 0 Å². The summed E-state index contributed by atoms with van der Waals surface area (Å²) in [6.45, 7) is 4.97. The molecule has 0 aromatic heterocycles. The summed E-state index contributed by atoms with van der Waals surface area (Å²) in [5.74, 6) is 0. The standard InChI is InChI=1S/C66H70N4.2BrH/c1-63(51-29-9-13-33-55(51)67(3)59(63)37-23-39-61-65(41-17-7-18-42-65)53-31-11-15-35-57(53)69(61)5)45-47-25-21-28-50-48(26-22-27-49(47)50)46-64(2)52-30-10-14-34-56(52)68(4)60(64)38-24-40-62-66(43-19-8-20-44-66)54-32-12-16-36-58(54)70(62)6;;/h9-16,21-40H,7-8,17-20,41-46H2,1-6H3;2*1H/q+2;;/p-2. The molecule has 4 nitrogen and oxygen atoms in total. The van der Waals surface area contributed by atoms with Crippen molar-refractivity contribution in [3.05, 3.63) is 215 Å². The molecule has 2 unspecified atom stereocenters. The Kier molecular flexibility index (Phi) is 13.5. The molecule has 0 N–H and O–H groups in total. The molecule has 0 radical (unpaired) electrons. The van der Waals surface area contributed by atoms with E-state index in [1.165, 1.54) is 154 Å². The van der Waals surface area contributed by atoms with Gasteiger partial charge in [0.1, 0.15) is 14.1 Å². The van der Waals surface area contributed by atoms with Crippen LogP contribution in [-0.2, 0) is 34.5 Å². The molecule has 0 saturated heterocycles. The third kappa shape index (κ3) is 7.62. The van der Waals surface area contributed by atoms with Gasteiger partial charge < -0.3 is 43.8 Å². The van der Waals surface area contributed by atoms with Gasteiger partial charge >= 0.3 is 0 Å². The van der Waals surface area contributed by atoms with Crippen LogP contribution < -0.4 is 43.8 Å². The molecule has 6 heteroatoms. The summed E-state index contributed by atoms with van der Waals surface area (Å²) in [5, 5.41) is 2.71. The summed E-state index contributed by atoms with van der Waals surface area (Å²) in [6.07, 6.45) is 29.0. The van der Waals surface area contributed by atoms with E-state index in [1.54, 1.807) is 0 Å². The van der Waals surface area contributed by atoms with Gasteiger partial charge in [-0.1, -0.05) is 160 Å². The highest BCUT2D eigenvalue weighted by Gasteiger charge is 2.52. The smallest absolute Gasteiger partial charge is 0.209 e. The second-order valence-electron chi connectivity index (χ2n) is 22.1. The fourth-order valence-electron chi connectivity index (χ4n) is 15.1. The molecule has 6 aromatic rings. The first-order valence-electron chi connectivity index (χ1n) is 26.4. The lowest BCUT2D eigenvalue weighted by Crippen LogP contribution is -3.00. The maximum atomic E-state index is 2.48. The largest absolute Gasteiger partial charge is 1.00 e. The van der Waals surface area contributed by atoms with E-state index in [2.05, 4.69) is 231 Å². The van der Waals surface area contributed by atoms with Crippen molar-refractivity contribution in [3.63, 3.8) is 0 Å². The molecule has 2 spiro atoms. The van der Waals surface area contributed by atoms with Crippen LogP contribution in [0.25, 0.3) is 10.8 Å². The van der Waals surface area contributed by atoms with Gasteiger partial charge in [0.15, 0.2) is 11.4 Å². The Bertz CT molecular complexity index is 3060. The van der Waals surface area contributed by atoms with Crippen LogP contribution in [0.3, 0.4) is 0 Å². The number of allylic oxidation sites excluding steroid dienone is 8. The Hall–Kier alpha value is -5.56. The van der Waals surface area contributed by atoms with Crippen LogP contribution >= 0.6 is 0 Å². The summed E-state index contributed by atoms with van der Waals surface area (Å²) < 4.78 is 4.96. The number of hydrogen-bond acceptors (Lipinski definition) is 2. The van der Waals surface area contributed by atoms with Crippen molar-refractivity contribution in [3.8, 4) is 0 Å². The number of fused-ring (bicyclic) bond motifs is 7. The SMILES string of the molecule is CN1C(=CC=CC2=[N+](C)c3ccccc3C23CCCCC3)C(C)(Cc2cccc3c(CC4(C)C(=CC=CC5=[N+](C)c6ccccc6C56CCCCC6)N(C)c5ccccc54)cccc23)c2ccccc21.[Br-].[Br-]. The predicted molar refractivity (Wildman–Crippen MR) is 294 cm³/mol. The average molecular weight is 1080 g/mol. The number of benzene rings is 6. The third-order valence-corrected chi connectivity index (χ3v) is 18.5. The Morgan fingerprint density at radius 2 is 0.806 bits per heavy atom. The van der Waals surface area contributed by atoms with Crippen LogP contribution in [0.15, 0.2) is 181 Å². The summed E-state index contributed by atoms with van der Waals surface area (Å²) >= 11 is 0. The number of rotatable bonds is 8. The van der Waals surface area contributed by atoms with E-state index in [0.29, 0.717) is 0 Å². The highest BCUT2D eigenvalue weighted by Crippen LogP contribution is 2.53. The molecule has 0 bridgehead atoms. The van der Waals surface area contributed by atoms with Crippen LogP contribution in [0.2, 0.25) is 0 Å². The van der Waals surface area contributed by atoms with Crippen molar-refractivity contribution in [1.82, 2.24) is 0 Å². The van der Waals surface area contributed by atoms with Gasteiger partial charge in [-0.2, -0.15) is 9.15 Å². The Labute approximate surface area is 450 Å². The number of likely N-dealkylation sites (N-methyl/N-ethyl adjacent to an activating group) is 2. The van der Waals surface area contributed by atoms with Crippen molar-refractivity contribution < 1.29 is 43.1 Å². The van der Waals surface area contributed by atoms with Crippen molar-refractivity contribution >= 4 is 44.9 Å². The molecule has 6 aromatic carbocycles. The zero-order chi connectivity index (χ0) is 47.8. The second-order valence-corrected chi connectivity index (χ2v) is 22.1. The Morgan fingerprint density at radius 1 is 0.444 bits per heavy atom. The maximum absolute atomic E-state index is 2.48. The Morgan fingerprint density at radius 3 is 1.21 bits per heavy atom. The minimum Gasteiger partial charge on any atom is -1.00 e. The number of nitrogens with zero attached hydrogens (tertiary/aromatic N) is 4. The predicted octanol–water partition coefficient (Wildman–Crippen LogP) is 8.89. The van der Waals surface area contributed by atoms with Gasteiger partial charge in [0.2, 0.25) is 11.4 Å². The number of para-hydroxylation sites is 4. The highest BCUT2D eigenvalue weighted by atomic mass is 79.9. The fraction of sp³-hybridized carbons (Fsp3) is 0.333. The van der Waals surface area contributed by atoms with Crippen LogP contribution in [0, 0.1) is 0 Å². The zero-order valence-electron chi connectivity index (χ0n) is 43.2. The number of halogens is 2. The lowest BCUT2D eigenvalue weighted by Gasteiger charge is -2.32. The molecule has 6 aliphatic rings. The molecule has 0 amide bonds. The van der Waals surface area contributed by atoms with Gasteiger partial charge in [0.05, 0.1) is 10.8 Å². The summed E-state index contributed by atoms with van der Waals surface area (Å²) in [7, 11) is 9.11. The zero-order valence-corrected chi connectivity index (χ0v) is 46.4. The minimum absolute atomic E-state index is 0. The first-order chi connectivity index (χ1) is 34.1. The van der Waals surface area contributed by atoms with Gasteiger partial charge in [-0.3, -0.25) is 0 Å². The monoisotopic (exact) mass is 1080 g/mol. The van der Waals surface area contributed by atoms with E-state index in [9.17, 15) is 0 Å². The first-order valence-corrected chi connectivity index (χ1v) is 26.4. The summed E-state index contributed by atoms with van der Waals surface area (Å²) in [5.41, 5.74) is 19.3. The van der Waals surface area contributed by atoms with Crippen LogP contribution in [0.5, 0.6) is 0 Å². The van der Waals surface area contributed by atoms with Gasteiger partial charge in [-0.15, -0.1) is 0 Å². The minimum atomic E-state index is -0.234. The van der Waals surface area contributed by atoms with Gasteiger partial charge in [0, 0.05) is 83.1 Å². The molecular formula is C66H70Br2N4. The highest BCUT2D eigenvalue weighted by molar-refractivity contribution is 6.05. The molecular weight excluding hydrogens is 1010 g/mol. The molecule has 2 saturated carbocycles. The first kappa shape index (κ1) is 50.0. The quantitative estimate of drug-likeness (QED) is 0.142.